The van der Waals surface area contributed by atoms with Crippen LogP contribution in [0.2, 0.25) is 0 Å². The molecule has 0 atom stereocenters. The fourth-order valence-corrected chi connectivity index (χ4v) is 5.80. The number of halogens is 3. The van der Waals surface area contributed by atoms with Crippen molar-refractivity contribution >= 4 is 26.8 Å². The van der Waals surface area contributed by atoms with Crippen molar-refractivity contribution in [3.63, 3.8) is 0 Å². The summed E-state index contributed by atoms with van der Waals surface area (Å²) in [5.41, 5.74) is -3.60. The summed E-state index contributed by atoms with van der Waals surface area (Å²) in [7, 11) is -4.39. The first-order valence-corrected chi connectivity index (χ1v) is 17.9. The number of rotatable bonds is 8. The molecule has 0 spiro atoms. The number of nitrogens with zero attached hydrogens (tertiary/aromatic N) is 1. The molecule has 2 aliphatic heterocycles. The monoisotopic (exact) mass is 755 g/mol. The summed E-state index contributed by atoms with van der Waals surface area (Å²) < 4.78 is 113. The van der Waals surface area contributed by atoms with Gasteiger partial charge in [0.2, 0.25) is 0 Å². The standard InChI is InChI=1S/C35H40F3NO12S/c1-43-12-21-49-33-22-25(2-7-30(33)39-8-10-44-13-15-46-17-19-48-20-18-47-16-14-45-11-9-39)34-28-5-3-26(40)23-31(28)50-32-24-27(4-6-29(32)34)51-52(41,42)35(36,37)38/h2-7,22-24H,8-21H2,1H3. The van der Waals surface area contributed by atoms with Crippen molar-refractivity contribution in [1.82, 2.24) is 0 Å². The van der Waals surface area contributed by atoms with Crippen LogP contribution in [0.5, 0.6) is 11.5 Å². The van der Waals surface area contributed by atoms with Gasteiger partial charge in [-0.2, -0.15) is 21.6 Å². The van der Waals surface area contributed by atoms with Crippen LogP contribution in [0, 0.1) is 0 Å². The highest BCUT2D eigenvalue weighted by atomic mass is 32.2. The van der Waals surface area contributed by atoms with Gasteiger partial charge in [0.05, 0.1) is 78.4 Å². The molecule has 1 aliphatic carbocycles. The van der Waals surface area contributed by atoms with Gasteiger partial charge >= 0.3 is 15.6 Å². The molecule has 0 unspecified atom stereocenters. The molecule has 5 rings (SSSR count). The van der Waals surface area contributed by atoms with Gasteiger partial charge in [-0.3, -0.25) is 4.79 Å². The second kappa shape index (κ2) is 18.7. The number of benzene rings is 3. The zero-order valence-electron chi connectivity index (χ0n) is 28.5. The number of methoxy groups -OCH3 is 1. The van der Waals surface area contributed by atoms with Crippen LogP contribution in [0.1, 0.15) is 0 Å². The summed E-state index contributed by atoms with van der Waals surface area (Å²) in [6.07, 6.45) is 0. The lowest BCUT2D eigenvalue weighted by atomic mass is 9.93. The van der Waals surface area contributed by atoms with Gasteiger partial charge in [0.1, 0.15) is 29.4 Å². The smallest absolute Gasteiger partial charge is 0.489 e. The molecule has 17 heteroatoms. The van der Waals surface area contributed by atoms with E-state index in [0.29, 0.717) is 114 Å². The van der Waals surface area contributed by atoms with Crippen molar-refractivity contribution in [2.75, 3.05) is 104 Å². The van der Waals surface area contributed by atoms with E-state index in [1.54, 1.807) is 19.2 Å². The molecule has 0 radical (unpaired) electrons. The average molecular weight is 756 g/mol. The first-order valence-electron chi connectivity index (χ1n) is 16.5. The third-order valence-electron chi connectivity index (χ3n) is 7.79. The minimum absolute atomic E-state index is 0.0173. The molecule has 2 aromatic carbocycles. The van der Waals surface area contributed by atoms with E-state index in [2.05, 4.69) is 9.08 Å². The SMILES string of the molecule is COCCOc1cc(-c2c3ccc(=O)cc-3oc3cc(OS(=O)(=O)C(F)(F)F)ccc23)ccc1N1CCOCCOCCOCCOCCOCC1. The van der Waals surface area contributed by atoms with Gasteiger partial charge in [-0.25, -0.2) is 0 Å². The molecule has 1 saturated heterocycles. The Kier molecular flexibility index (Phi) is 14.1. The molecule has 0 aromatic heterocycles. The van der Waals surface area contributed by atoms with Crippen molar-refractivity contribution in [3.8, 4) is 33.9 Å². The Morgan fingerprint density at radius 1 is 0.750 bits per heavy atom. The third kappa shape index (κ3) is 10.6. The van der Waals surface area contributed by atoms with E-state index in [1.165, 1.54) is 18.2 Å². The molecule has 2 heterocycles. The van der Waals surface area contributed by atoms with E-state index < -0.39 is 21.4 Å². The molecular weight excluding hydrogens is 715 g/mol. The topological polar surface area (TPSA) is 141 Å². The van der Waals surface area contributed by atoms with Gasteiger partial charge in [0.25, 0.3) is 0 Å². The van der Waals surface area contributed by atoms with E-state index in [4.69, 9.17) is 37.6 Å². The quantitative estimate of drug-likeness (QED) is 0.106. The molecule has 2 aromatic rings. The van der Waals surface area contributed by atoms with Gasteiger partial charge in [-0.05, 0) is 42.0 Å². The minimum Gasteiger partial charge on any atom is -0.489 e. The van der Waals surface area contributed by atoms with E-state index in [0.717, 1.165) is 17.8 Å². The maximum atomic E-state index is 13.1. The lowest BCUT2D eigenvalue weighted by molar-refractivity contribution is -0.0500. The van der Waals surface area contributed by atoms with Crippen LogP contribution in [0.4, 0.5) is 18.9 Å². The number of anilines is 1. The van der Waals surface area contributed by atoms with E-state index in [1.807, 2.05) is 12.1 Å². The Bertz CT molecular complexity index is 1870. The molecule has 284 valence electrons. The maximum absolute atomic E-state index is 13.1. The summed E-state index contributed by atoms with van der Waals surface area (Å²) in [4.78, 5) is 14.4. The summed E-state index contributed by atoms with van der Waals surface area (Å²) >= 11 is 0. The van der Waals surface area contributed by atoms with Crippen molar-refractivity contribution in [1.29, 1.82) is 0 Å². The van der Waals surface area contributed by atoms with Gasteiger partial charge in [0.15, 0.2) is 5.43 Å². The summed E-state index contributed by atoms with van der Waals surface area (Å²) in [5.74, 6) is -0.00666. The van der Waals surface area contributed by atoms with Crippen LogP contribution < -0.4 is 19.2 Å². The highest BCUT2D eigenvalue weighted by Gasteiger charge is 2.48. The lowest BCUT2D eigenvalue weighted by Crippen LogP contribution is -2.32. The highest BCUT2D eigenvalue weighted by molar-refractivity contribution is 7.88. The molecule has 0 bridgehead atoms. The summed E-state index contributed by atoms with van der Waals surface area (Å²) in [6, 6.07) is 13.2. The van der Waals surface area contributed by atoms with Crippen LogP contribution in [0.25, 0.3) is 33.4 Å². The summed E-state index contributed by atoms with van der Waals surface area (Å²) in [6.45, 7) is 5.64. The average Bonchev–Trinajstić information content (AvgIpc) is 3.10. The lowest BCUT2D eigenvalue weighted by Gasteiger charge is -2.28. The molecule has 1 fully saturated rings. The molecule has 0 saturated carbocycles. The zero-order chi connectivity index (χ0) is 37.0. The fraction of sp³-hybridized carbons (Fsp3) is 0.457. The van der Waals surface area contributed by atoms with Gasteiger partial charge in [0, 0.05) is 48.8 Å². The fourth-order valence-electron chi connectivity index (χ4n) is 5.35. The number of hydrogen-bond acceptors (Lipinski definition) is 13. The summed E-state index contributed by atoms with van der Waals surface area (Å²) in [5, 5.41) is 0.410. The van der Waals surface area contributed by atoms with Gasteiger partial charge < -0.3 is 46.7 Å². The molecule has 0 amide bonds. The molecular formula is C35H40F3NO12S. The van der Waals surface area contributed by atoms with Gasteiger partial charge in [-0.15, -0.1) is 0 Å². The molecule has 13 nitrogen and oxygen atoms in total. The second-order valence-electron chi connectivity index (χ2n) is 11.3. The Balaban J connectivity index is 1.52. The van der Waals surface area contributed by atoms with Crippen molar-refractivity contribution in [2.45, 2.75) is 5.51 Å². The highest BCUT2D eigenvalue weighted by Crippen LogP contribution is 2.43. The first kappa shape index (κ1) is 39.2. The Morgan fingerprint density at radius 3 is 1.96 bits per heavy atom. The number of hydrogen-bond donors (Lipinski definition) is 0. The van der Waals surface area contributed by atoms with Crippen LogP contribution >= 0.6 is 0 Å². The largest absolute Gasteiger partial charge is 0.534 e. The van der Waals surface area contributed by atoms with Gasteiger partial charge in [-0.1, -0.05) is 6.07 Å². The maximum Gasteiger partial charge on any atom is 0.534 e. The molecule has 52 heavy (non-hydrogen) atoms. The second-order valence-corrected chi connectivity index (χ2v) is 12.9. The number of ether oxygens (including phenoxy) is 7. The number of alkyl halides is 3. The van der Waals surface area contributed by atoms with Crippen molar-refractivity contribution in [2.24, 2.45) is 0 Å². The Labute approximate surface area is 298 Å². The molecule has 0 N–H and O–H groups in total. The van der Waals surface area contributed by atoms with Crippen LogP contribution in [-0.2, 0) is 38.5 Å². The first-order chi connectivity index (χ1) is 25.1. The predicted octanol–water partition coefficient (Wildman–Crippen LogP) is 4.72. The van der Waals surface area contributed by atoms with Crippen LogP contribution in [-0.4, -0.2) is 113 Å². The third-order valence-corrected chi connectivity index (χ3v) is 8.77. The van der Waals surface area contributed by atoms with E-state index in [-0.39, 0.29) is 23.4 Å². The van der Waals surface area contributed by atoms with Crippen molar-refractivity contribution < 1.29 is 63.3 Å². The zero-order valence-corrected chi connectivity index (χ0v) is 29.3. The number of fused-ring (bicyclic) bond motifs is 2. The Hall–Kier alpha value is -3.97. The minimum atomic E-state index is -5.94. The van der Waals surface area contributed by atoms with Crippen LogP contribution in [0.3, 0.4) is 0 Å². The Morgan fingerprint density at radius 2 is 1.37 bits per heavy atom. The van der Waals surface area contributed by atoms with Crippen LogP contribution in [0.15, 0.2) is 63.8 Å². The van der Waals surface area contributed by atoms with E-state index >= 15 is 0 Å². The normalized spacial score (nSPS) is 16.7. The predicted molar refractivity (Wildman–Crippen MR) is 184 cm³/mol. The van der Waals surface area contributed by atoms with Crippen molar-refractivity contribution in [3.05, 3.63) is 64.8 Å². The van der Waals surface area contributed by atoms with E-state index in [9.17, 15) is 26.4 Å². The molecule has 3 aliphatic rings.